The van der Waals surface area contributed by atoms with Crippen molar-refractivity contribution < 1.29 is 9.90 Å². The van der Waals surface area contributed by atoms with Gasteiger partial charge in [0.05, 0.1) is 12.1 Å². The predicted molar refractivity (Wildman–Crippen MR) is 68.7 cm³/mol. The van der Waals surface area contributed by atoms with Crippen molar-refractivity contribution in [1.29, 1.82) is 0 Å². The number of carbonyl (C=O) groups is 1. The second-order valence-electron chi connectivity index (χ2n) is 4.99. The van der Waals surface area contributed by atoms with Crippen LogP contribution in [0.1, 0.15) is 40.0 Å². The van der Waals surface area contributed by atoms with E-state index < -0.39 is 0 Å². The minimum atomic E-state index is -0.192. The van der Waals surface area contributed by atoms with E-state index in [4.69, 9.17) is 0 Å². The molecule has 0 aromatic rings. The number of aliphatic hydroxyl groups is 1. The van der Waals surface area contributed by atoms with Crippen molar-refractivity contribution in [1.82, 2.24) is 10.2 Å². The topological polar surface area (TPSA) is 52.6 Å². The zero-order valence-electron chi connectivity index (χ0n) is 11.3. The first-order chi connectivity index (χ1) is 8.10. The zero-order chi connectivity index (χ0) is 12.8. The summed E-state index contributed by atoms with van der Waals surface area (Å²) >= 11 is 0. The van der Waals surface area contributed by atoms with Gasteiger partial charge >= 0.3 is 0 Å². The van der Waals surface area contributed by atoms with E-state index in [0.29, 0.717) is 5.92 Å². The summed E-state index contributed by atoms with van der Waals surface area (Å²) in [6.45, 7) is 8.50. The molecule has 4 heteroatoms. The third-order valence-electron chi connectivity index (χ3n) is 3.73. The van der Waals surface area contributed by atoms with E-state index in [1.165, 1.54) is 0 Å². The van der Waals surface area contributed by atoms with Gasteiger partial charge < -0.3 is 10.4 Å². The molecule has 0 bridgehead atoms. The molecule has 1 rings (SSSR count). The van der Waals surface area contributed by atoms with Crippen LogP contribution in [0.4, 0.5) is 0 Å². The molecule has 100 valence electrons. The van der Waals surface area contributed by atoms with Gasteiger partial charge in [-0.2, -0.15) is 0 Å². The van der Waals surface area contributed by atoms with Gasteiger partial charge in [-0.15, -0.1) is 0 Å². The van der Waals surface area contributed by atoms with Crippen LogP contribution in [0.15, 0.2) is 0 Å². The molecule has 3 atom stereocenters. The minimum absolute atomic E-state index is 0.0805. The summed E-state index contributed by atoms with van der Waals surface area (Å²) in [5, 5.41) is 12.8. The van der Waals surface area contributed by atoms with Gasteiger partial charge in [-0.05, 0) is 32.1 Å². The Bertz CT molecular complexity index is 246. The average Bonchev–Trinajstić information content (AvgIpc) is 2.35. The largest absolute Gasteiger partial charge is 0.393 e. The van der Waals surface area contributed by atoms with E-state index in [2.05, 4.69) is 24.1 Å². The van der Waals surface area contributed by atoms with Crippen molar-refractivity contribution in [3.8, 4) is 0 Å². The Morgan fingerprint density at radius 1 is 1.53 bits per heavy atom. The highest BCUT2D eigenvalue weighted by Gasteiger charge is 2.31. The fraction of sp³-hybridized carbons (Fsp3) is 0.923. The Morgan fingerprint density at radius 2 is 2.24 bits per heavy atom. The summed E-state index contributed by atoms with van der Waals surface area (Å²) in [4.78, 5) is 14.0. The summed E-state index contributed by atoms with van der Waals surface area (Å²) in [6.07, 6.45) is 2.53. The second kappa shape index (κ2) is 6.97. The van der Waals surface area contributed by atoms with Gasteiger partial charge in [0, 0.05) is 19.6 Å². The Hall–Kier alpha value is -0.610. The van der Waals surface area contributed by atoms with Gasteiger partial charge in [0.1, 0.15) is 0 Å². The van der Waals surface area contributed by atoms with Crippen LogP contribution in [0.5, 0.6) is 0 Å². The Morgan fingerprint density at radius 3 is 2.82 bits per heavy atom. The van der Waals surface area contributed by atoms with Crippen LogP contribution in [-0.2, 0) is 4.79 Å². The number of piperidine rings is 1. The Balaban J connectivity index is 2.46. The lowest BCUT2D eigenvalue weighted by atomic mass is 9.91. The smallest absolute Gasteiger partial charge is 0.237 e. The molecule has 0 aromatic carbocycles. The van der Waals surface area contributed by atoms with Crippen molar-refractivity contribution in [2.45, 2.75) is 52.2 Å². The maximum atomic E-state index is 11.9. The number of carbonyl (C=O) groups excluding carboxylic acids is 1. The molecule has 0 radical (unpaired) electrons. The molecule has 1 aliphatic rings. The number of nitrogens with zero attached hydrogens (tertiary/aromatic N) is 1. The molecular formula is C13H26N2O2. The lowest BCUT2D eigenvalue weighted by Gasteiger charge is -2.38. The van der Waals surface area contributed by atoms with Crippen LogP contribution >= 0.6 is 0 Å². The molecule has 3 unspecified atom stereocenters. The first kappa shape index (κ1) is 14.5. The zero-order valence-corrected chi connectivity index (χ0v) is 11.3. The van der Waals surface area contributed by atoms with Crippen LogP contribution < -0.4 is 5.32 Å². The van der Waals surface area contributed by atoms with Crippen LogP contribution in [-0.4, -0.2) is 47.7 Å². The van der Waals surface area contributed by atoms with Crippen LogP contribution in [0.3, 0.4) is 0 Å². The van der Waals surface area contributed by atoms with Gasteiger partial charge in [0.2, 0.25) is 5.91 Å². The van der Waals surface area contributed by atoms with Crippen molar-refractivity contribution >= 4 is 5.91 Å². The number of hydrogen-bond donors (Lipinski definition) is 2. The van der Waals surface area contributed by atoms with E-state index in [9.17, 15) is 9.90 Å². The molecule has 17 heavy (non-hydrogen) atoms. The van der Waals surface area contributed by atoms with Crippen LogP contribution in [0, 0.1) is 5.92 Å². The summed E-state index contributed by atoms with van der Waals surface area (Å²) < 4.78 is 0. The standard InChI is InChI=1S/C13H26N2O2/c1-4-7-14-13(17)10(3)15-8-6-12(16)11(5-2)9-15/h10-12,16H,4-9H2,1-3H3,(H,14,17). The quantitative estimate of drug-likeness (QED) is 0.756. The first-order valence-electron chi connectivity index (χ1n) is 6.79. The molecule has 0 saturated carbocycles. The fourth-order valence-corrected chi connectivity index (χ4v) is 2.36. The molecule has 0 aromatic heterocycles. The van der Waals surface area contributed by atoms with Crippen molar-refractivity contribution in [3.63, 3.8) is 0 Å². The number of amides is 1. The molecule has 4 nitrogen and oxygen atoms in total. The fourth-order valence-electron chi connectivity index (χ4n) is 2.36. The van der Waals surface area contributed by atoms with E-state index in [1.54, 1.807) is 0 Å². The first-order valence-corrected chi connectivity index (χ1v) is 6.79. The molecule has 1 heterocycles. The highest BCUT2D eigenvalue weighted by molar-refractivity contribution is 5.81. The molecule has 0 aliphatic carbocycles. The predicted octanol–water partition coefficient (Wildman–Crippen LogP) is 0.994. The monoisotopic (exact) mass is 242 g/mol. The van der Waals surface area contributed by atoms with Crippen LogP contribution in [0.25, 0.3) is 0 Å². The highest BCUT2D eigenvalue weighted by Crippen LogP contribution is 2.21. The third kappa shape index (κ3) is 3.96. The van der Waals surface area contributed by atoms with Crippen LogP contribution in [0.2, 0.25) is 0 Å². The minimum Gasteiger partial charge on any atom is -0.393 e. The second-order valence-corrected chi connectivity index (χ2v) is 4.99. The molecular weight excluding hydrogens is 216 g/mol. The summed E-state index contributed by atoms with van der Waals surface area (Å²) in [7, 11) is 0. The van der Waals surface area contributed by atoms with E-state index >= 15 is 0 Å². The summed E-state index contributed by atoms with van der Waals surface area (Å²) in [5.74, 6) is 0.420. The molecule has 1 aliphatic heterocycles. The SMILES string of the molecule is CCCNC(=O)C(C)N1CCC(O)C(CC)C1. The van der Waals surface area contributed by atoms with Crippen molar-refractivity contribution in [3.05, 3.63) is 0 Å². The Labute approximate surface area is 104 Å². The number of rotatable bonds is 5. The van der Waals surface area contributed by atoms with E-state index in [-0.39, 0.29) is 18.1 Å². The number of aliphatic hydroxyl groups excluding tert-OH is 1. The maximum Gasteiger partial charge on any atom is 0.237 e. The Kier molecular flexibility index (Phi) is 5.92. The molecule has 2 N–H and O–H groups in total. The summed E-state index contributed by atoms with van der Waals surface area (Å²) in [6, 6.07) is -0.0805. The molecule has 1 fully saturated rings. The van der Waals surface area contributed by atoms with E-state index in [0.717, 1.165) is 38.9 Å². The van der Waals surface area contributed by atoms with Crippen molar-refractivity contribution in [2.24, 2.45) is 5.92 Å². The van der Waals surface area contributed by atoms with Gasteiger partial charge in [-0.3, -0.25) is 9.69 Å². The highest BCUT2D eigenvalue weighted by atomic mass is 16.3. The van der Waals surface area contributed by atoms with Gasteiger partial charge in [-0.1, -0.05) is 13.8 Å². The number of likely N-dealkylation sites (tertiary alicyclic amines) is 1. The lowest BCUT2D eigenvalue weighted by molar-refractivity contribution is -0.127. The maximum absolute atomic E-state index is 11.9. The van der Waals surface area contributed by atoms with Gasteiger partial charge in [0.15, 0.2) is 0 Å². The third-order valence-corrected chi connectivity index (χ3v) is 3.73. The van der Waals surface area contributed by atoms with Gasteiger partial charge in [-0.25, -0.2) is 0 Å². The average molecular weight is 242 g/mol. The normalized spacial score (nSPS) is 27.8. The van der Waals surface area contributed by atoms with Crippen molar-refractivity contribution in [2.75, 3.05) is 19.6 Å². The summed E-state index contributed by atoms with van der Waals surface area (Å²) in [5.41, 5.74) is 0. The lowest BCUT2D eigenvalue weighted by Crippen LogP contribution is -2.52. The van der Waals surface area contributed by atoms with Gasteiger partial charge in [0.25, 0.3) is 0 Å². The number of hydrogen-bond acceptors (Lipinski definition) is 3. The molecule has 1 saturated heterocycles. The molecule has 0 spiro atoms. The molecule has 1 amide bonds. The number of nitrogens with one attached hydrogen (secondary N) is 1. The van der Waals surface area contributed by atoms with E-state index in [1.807, 2.05) is 6.92 Å².